The van der Waals surface area contributed by atoms with Crippen LogP contribution in [0.4, 0.5) is 0 Å². The topological polar surface area (TPSA) is 15.3 Å². The molecule has 27 heavy (non-hydrogen) atoms. The first-order chi connectivity index (χ1) is 13.2. The van der Waals surface area contributed by atoms with Crippen molar-refractivity contribution in [1.82, 2.24) is 10.2 Å². The maximum absolute atomic E-state index is 3.87. The molecule has 2 nitrogen and oxygen atoms in total. The molecule has 3 atom stereocenters. The summed E-state index contributed by atoms with van der Waals surface area (Å²) < 4.78 is 0. The zero-order valence-corrected chi connectivity index (χ0v) is 16.9. The van der Waals surface area contributed by atoms with Crippen molar-refractivity contribution in [1.29, 1.82) is 0 Å². The molecule has 0 bridgehead atoms. The summed E-state index contributed by atoms with van der Waals surface area (Å²) in [5, 5.41) is 3.87. The van der Waals surface area contributed by atoms with E-state index in [1.807, 2.05) is 0 Å². The first kappa shape index (κ1) is 18.7. The number of rotatable bonds is 6. The number of fused-ring (bicyclic) bond motifs is 1. The Morgan fingerprint density at radius 3 is 2.30 bits per heavy atom. The van der Waals surface area contributed by atoms with E-state index in [4.69, 9.17) is 0 Å². The zero-order chi connectivity index (χ0) is 18.6. The predicted octanol–water partition coefficient (Wildman–Crippen LogP) is 4.68. The predicted molar refractivity (Wildman–Crippen MR) is 114 cm³/mol. The van der Waals surface area contributed by atoms with Gasteiger partial charge < -0.3 is 5.32 Å². The van der Waals surface area contributed by atoms with Crippen molar-refractivity contribution in [2.24, 2.45) is 11.8 Å². The lowest BCUT2D eigenvalue weighted by atomic mass is 9.83. The molecule has 2 aliphatic rings. The molecule has 3 unspecified atom stereocenters. The third-order valence-corrected chi connectivity index (χ3v) is 6.60. The van der Waals surface area contributed by atoms with Gasteiger partial charge in [-0.05, 0) is 60.8 Å². The van der Waals surface area contributed by atoms with E-state index in [1.165, 1.54) is 37.8 Å². The van der Waals surface area contributed by atoms with Crippen LogP contribution >= 0.6 is 0 Å². The Labute approximate surface area is 165 Å². The fourth-order valence-electron chi connectivity index (χ4n) is 5.37. The minimum atomic E-state index is 0.628. The standard InChI is InChI=1S/C25H34N2/c1-19-14-20(2)25(27(17-19)18-21-8-4-3-5-9-21)12-13-26-24-15-22-10-6-7-11-23(22)16-24/h3-11,19-20,24-26H,12-18H2,1-2H3. The van der Waals surface area contributed by atoms with Gasteiger partial charge in [0, 0.05) is 25.2 Å². The summed E-state index contributed by atoms with van der Waals surface area (Å²) in [5.74, 6) is 1.58. The zero-order valence-electron chi connectivity index (χ0n) is 16.9. The second-order valence-electron chi connectivity index (χ2n) is 8.92. The van der Waals surface area contributed by atoms with Gasteiger partial charge in [0.05, 0.1) is 0 Å². The number of benzene rings is 2. The van der Waals surface area contributed by atoms with Crippen molar-refractivity contribution in [3.8, 4) is 0 Å². The molecule has 1 aliphatic carbocycles. The summed E-state index contributed by atoms with van der Waals surface area (Å²) in [6, 6.07) is 21.3. The van der Waals surface area contributed by atoms with E-state index in [0.29, 0.717) is 12.1 Å². The molecular formula is C25H34N2. The third kappa shape index (κ3) is 4.62. The average molecular weight is 363 g/mol. The first-order valence-corrected chi connectivity index (χ1v) is 10.8. The van der Waals surface area contributed by atoms with Crippen LogP contribution in [0.5, 0.6) is 0 Å². The van der Waals surface area contributed by atoms with Crippen LogP contribution in [0, 0.1) is 11.8 Å². The molecule has 2 aromatic carbocycles. The molecule has 0 radical (unpaired) electrons. The fourth-order valence-corrected chi connectivity index (χ4v) is 5.37. The van der Waals surface area contributed by atoms with E-state index < -0.39 is 0 Å². The normalized spacial score (nSPS) is 26.2. The Morgan fingerprint density at radius 2 is 1.59 bits per heavy atom. The highest BCUT2D eigenvalue weighted by Crippen LogP contribution is 2.30. The van der Waals surface area contributed by atoms with Crippen LogP contribution in [0.1, 0.15) is 43.4 Å². The van der Waals surface area contributed by atoms with Crippen LogP contribution in [0.15, 0.2) is 54.6 Å². The summed E-state index contributed by atoms with van der Waals surface area (Å²) in [6.07, 6.45) is 5.01. The van der Waals surface area contributed by atoms with E-state index in [0.717, 1.165) is 24.9 Å². The van der Waals surface area contributed by atoms with E-state index in [2.05, 4.69) is 78.7 Å². The molecule has 1 fully saturated rings. The molecule has 2 heteroatoms. The van der Waals surface area contributed by atoms with Crippen molar-refractivity contribution < 1.29 is 0 Å². The number of likely N-dealkylation sites (tertiary alicyclic amines) is 1. The van der Waals surface area contributed by atoms with Crippen LogP contribution in [0.2, 0.25) is 0 Å². The number of hydrogen-bond donors (Lipinski definition) is 1. The SMILES string of the molecule is CC1CC(C)C(CCNC2Cc3ccccc3C2)N(Cc2ccccc2)C1. The Kier molecular flexibility index (Phi) is 5.95. The highest BCUT2D eigenvalue weighted by atomic mass is 15.2. The minimum absolute atomic E-state index is 0.628. The van der Waals surface area contributed by atoms with Gasteiger partial charge in [0.2, 0.25) is 0 Å². The van der Waals surface area contributed by atoms with Crippen molar-refractivity contribution in [2.45, 2.75) is 58.2 Å². The highest BCUT2D eigenvalue weighted by molar-refractivity contribution is 5.33. The van der Waals surface area contributed by atoms with Gasteiger partial charge in [0.1, 0.15) is 0 Å². The molecule has 1 aliphatic heterocycles. The minimum Gasteiger partial charge on any atom is -0.313 e. The smallest absolute Gasteiger partial charge is 0.0236 e. The second-order valence-corrected chi connectivity index (χ2v) is 8.92. The number of nitrogens with one attached hydrogen (secondary N) is 1. The maximum atomic E-state index is 3.87. The number of hydrogen-bond acceptors (Lipinski definition) is 2. The van der Waals surface area contributed by atoms with Gasteiger partial charge in [-0.25, -0.2) is 0 Å². The van der Waals surface area contributed by atoms with Gasteiger partial charge in [-0.2, -0.15) is 0 Å². The van der Waals surface area contributed by atoms with E-state index in [9.17, 15) is 0 Å². The van der Waals surface area contributed by atoms with Crippen LogP contribution < -0.4 is 5.32 Å². The summed E-state index contributed by atoms with van der Waals surface area (Å²) in [6.45, 7) is 8.34. The van der Waals surface area contributed by atoms with Crippen LogP contribution in [-0.4, -0.2) is 30.1 Å². The fraction of sp³-hybridized carbons (Fsp3) is 0.520. The molecule has 1 N–H and O–H groups in total. The van der Waals surface area contributed by atoms with Gasteiger partial charge >= 0.3 is 0 Å². The van der Waals surface area contributed by atoms with E-state index >= 15 is 0 Å². The second kappa shape index (κ2) is 8.58. The Bertz CT molecular complexity index is 701. The maximum Gasteiger partial charge on any atom is 0.0236 e. The third-order valence-electron chi connectivity index (χ3n) is 6.60. The van der Waals surface area contributed by atoms with Gasteiger partial charge in [-0.3, -0.25) is 4.90 Å². The molecule has 0 saturated carbocycles. The quantitative estimate of drug-likeness (QED) is 0.803. The largest absolute Gasteiger partial charge is 0.313 e. The average Bonchev–Trinajstić information content (AvgIpc) is 3.07. The first-order valence-electron chi connectivity index (χ1n) is 10.8. The highest BCUT2D eigenvalue weighted by Gasteiger charge is 2.31. The van der Waals surface area contributed by atoms with Gasteiger partial charge in [0.15, 0.2) is 0 Å². The molecular weight excluding hydrogens is 328 g/mol. The lowest BCUT2D eigenvalue weighted by Gasteiger charge is -2.43. The van der Waals surface area contributed by atoms with Gasteiger partial charge in [-0.1, -0.05) is 68.4 Å². The molecule has 0 spiro atoms. The van der Waals surface area contributed by atoms with Crippen LogP contribution in [-0.2, 0) is 19.4 Å². The van der Waals surface area contributed by atoms with Gasteiger partial charge in [-0.15, -0.1) is 0 Å². The van der Waals surface area contributed by atoms with E-state index in [1.54, 1.807) is 11.1 Å². The van der Waals surface area contributed by atoms with Crippen molar-refractivity contribution in [3.05, 3.63) is 71.3 Å². The molecule has 0 aromatic heterocycles. The lowest BCUT2D eigenvalue weighted by molar-refractivity contribution is 0.0560. The Hall–Kier alpha value is -1.64. The lowest BCUT2D eigenvalue weighted by Crippen LogP contribution is -2.48. The van der Waals surface area contributed by atoms with Crippen molar-refractivity contribution in [2.75, 3.05) is 13.1 Å². The van der Waals surface area contributed by atoms with Crippen molar-refractivity contribution >= 4 is 0 Å². The molecule has 144 valence electrons. The van der Waals surface area contributed by atoms with Crippen LogP contribution in [0.3, 0.4) is 0 Å². The molecule has 0 amide bonds. The number of piperidine rings is 1. The van der Waals surface area contributed by atoms with E-state index in [-0.39, 0.29) is 0 Å². The summed E-state index contributed by atoms with van der Waals surface area (Å²) in [7, 11) is 0. The Morgan fingerprint density at radius 1 is 0.926 bits per heavy atom. The summed E-state index contributed by atoms with van der Waals surface area (Å²) in [4.78, 5) is 2.75. The molecule has 2 aromatic rings. The molecule has 4 rings (SSSR count). The van der Waals surface area contributed by atoms with Gasteiger partial charge in [0.25, 0.3) is 0 Å². The summed E-state index contributed by atoms with van der Waals surface area (Å²) >= 11 is 0. The monoisotopic (exact) mass is 362 g/mol. The molecule has 1 heterocycles. The molecule has 1 saturated heterocycles. The van der Waals surface area contributed by atoms with Crippen molar-refractivity contribution in [3.63, 3.8) is 0 Å². The summed E-state index contributed by atoms with van der Waals surface area (Å²) in [5.41, 5.74) is 4.53. The van der Waals surface area contributed by atoms with Crippen LogP contribution in [0.25, 0.3) is 0 Å². The number of nitrogens with zero attached hydrogens (tertiary/aromatic N) is 1. The Balaban J connectivity index is 1.33.